The monoisotopic (exact) mass is 389 g/mol. The van der Waals surface area contributed by atoms with Crippen molar-refractivity contribution >= 4 is 17.5 Å². The summed E-state index contributed by atoms with van der Waals surface area (Å²) in [5, 5.41) is 25.8. The van der Waals surface area contributed by atoms with E-state index in [1.165, 1.54) is 18.2 Å². The van der Waals surface area contributed by atoms with Gasteiger partial charge < -0.3 is 15.7 Å². The number of rotatable bonds is 7. The van der Waals surface area contributed by atoms with E-state index in [0.717, 1.165) is 24.3 Å². The third kappa shape index (κ3) is 5.26. The summed E-state index contributed by atoms with van der Waals surface area (Å²) in [7, 11) is 0. The molecule has 2 aromatic rings. The normalized spacial score (nSPS) is 11.7. The van der Waals surface area contributed by atoms with E-state index in [-0.39, 0.29) is 35.0 Å². The van der Waals surface area contributed by atoms with Crippen LogP contribution in [0.25, 0.3) is 0 Å². The van der Waals surface area contributed by atoms with Gasteiger partial charge in [0, 0.05) is 29.8 Å². The van der Waals surface area contributed by atoms with Crippen LogP contribution in [0.1, 0.15) is 29.8 Å². The number of benzene rings is 2. The molecule has 0 saturated heterocycles. The van der Waals surface area contributed by atoms with E-state index in [1.54, 1.807) is 13.8 Å². The molecule has 0 fully saturated rings. The third-order valence-corrected chi connectivity index (χ3v) is 4.07. The molecule has 0 bridgehead atoms. The molecule has 1 atom stereocenters. The number of phenols is 1. The average molecular weight is 389 g/mol. The van der Waals surface area contributed by atoms with Crippen LogP contribution in [-0.4, -0.2) is 27.9 Å². The number of phenolic OH excluding ortho intramolecular Hbond substituents is 1. The third-order valence-electron chi connectivity index (χ3n) is 4.07. The van der Waals surface area contributed by atoms with E-state index >= 15 is 0 Å². The molecule has 28 heavy (non-hydrogen) atoms. The Balaban J connectivity index is 2.07. The number of hydrogen-bond donors (Lipinski definition) is 3. The lowest BCUT2D eigenvalue weighted by Crippen LogP contribution is -2.49. The van der Waals surface area contributed by atoms with Crippen LogP contribution >= 0.6 is 0 Å². The molecule has 0 aliphatic carbocycles. The van der Waals surface area contributed by atoms with Gasteiger partial charge in [0.15, 0.2) is 0 Å². The van der Waals surface area contributed by atoms with Gasteiger partial charge >= 0.3 is 0 Å². The van der Waals surface area contributed by atoms with E-state index in [2.05, 4.69) is 10.6 Å². The Labute approximate surface area is 160 Å². The van der Waals surface area contributed by atoms with Gasteiger partial charge in [-0.05, 0) is 36.2 Å². The van der Waals surface area contributed by atoms with Crippen molar-refractivity contribution < 1.29 is 24.0 Å². The molecular formula is C19H20FN3O5. The number of nitro groups is 1. The lowest BCUT2D eigenvalue weighted by Gasteiger charge is -2.22. The van der Waals surface area contributed by atoms with Crippen LogP contribution < -0.4 is 10.6 Å². The zero-order valence-electron chi connectivity index (χ0n) is 15.3. The summed E-state index contributed by atoms with van der Waals surface area (Å²) in [5.41, 5.74) is 0.165. The second-order valence-electron chi connectivity index (χ2n) is 6.49. The highest BCUT2D eigenvalue weighted by atomic mass is 19.1. The van der Waals surface area contributed by atoms with E-state index in [0.29, 0.717) is 0 Å². The highest BCUT2D eigenvalue weighted by molar-refractivity contribution is 5.97. The van der Waals surface area contributed by atoms with Gasteiger partial charge in [-0.15, -0.1) is 0 Å². The van der Waals surface area contributed by atoms with Gasteiger partial charge in [-0.1, -0.05) is 13.8 Å². The summed E-state index contributed by atoms with van der Waals surface area (Å²) in [6.45, 7) is 3.32. The Morgan fingerprint density at radius 2 is 1.82 bits per heavy atom. The fourth-order valence-corrected chi connectivity index (χ4v) is 2.48. The van der Waals surface area contributed by atoms with Gasteiger partial charge in [0.1, 0.15) is 17.6 Å². The van der Waals surface area contributed by atoms with Crippen molar-refractivity contribution in [3.8, 4) is 5.75 Å². The maximum Gasteiger partial charge on any atom is 0.270 e. The summed E-state index contributed by atoms with van der Waals surface area (Å²) in [4.78, 5) is 35.0. The lowest BCUT2D eigenvalue weighted by atomic mass is 10.0. The molecule has 2 aromatic carbocycles. The van der Waals surface area contributed by atoms with Gasteiger partial charge in [-0.25, -0.2) is 4.39 Å². The first-order valence-corrected chi connectivity index (χ1v) is 8.49. The average Bonchev–Trinajstić information content (AvgIpc) is 2.65. The number of nitrogens with zero attached hydrogens (tertiary/aromatic N) is 1. The van der Waals surface area contributed by atoms with E-state index in [4.69, 9.17) is 0 Å². The van der Waals surface area contributed by atoms with Crippen molar-refractivity contribution in [3.63, 3.8) is 0 Å². The molecule has 0 aliphatic heterocycles. The van der Waals surface area contributed by atoms with Crippen LogP contribution in [0.2, 0.25) is 0 Å². The summed E-state index contributed by atoms with van der Waals surface area (Å²) in [6.07, 6.45) is 0. The van der Waals surface area contributed by atoms with E-state index in [1.807, 2.05) is 0 Å². The smallest absolute Gasteiger partial charge is 0.270 e. The Morgan fingerprint density at radius 3 is 2.39 bits per heavy atom. The molecule has 0 aromatic heterocycles. The number of amides is 2. The van der Waals surface area contributed by atoms with Gasteiger partial charge in [0.25, 0.3) is 11.6 Å². The lowest BCUT2D eigenvalue weighted by molar-refractivity contribution is -0.384. The van der Waals surface area contributed by atoms with Gasteiger partial charge in [-0.3, -0.25) is 19.7 Å². The number of carbonyl (C=O) groups is 2. The number of non-ortho nitro benzene ring substituents is 1. The van der Waals surface area contributed by atoms with Crippen molar-refractivity contribution in [2.45, 2.75) is 26.4 Å². The number of nitro benzene ring substituents is 1. The highest BCUT2D eigenvalue weighted by Gasteiger charge is 2.25. The number of nitrogens with one attached hydrogen (secondary N) is 2. The largest absolute Gasteiger partial charge is 0.508 e. The number of halogens is 1. The predicted octanol–water partition coefficient (Wildman–Crippen LogP) is 2.51. The van der Waals surface area contributed by atoms with Gasteiger partial charge in [0.05, 0.1) is 4.92 Å². The number of hydrogen-bond acceptors (Lipinski definition) is 5. The Morgan fingerprint density at radius 1 is 1.18 bits per heavy atom. The number of carbonyl (C=O) groups excluding carboxylic acids is 2. The van der Waals surface area contributed by atoms with Gasteiger partial charge in [-0.2, -0.15) is 0 Å². The van der Waals surface area contributed by atoms with Crippen LogP contribution in [0.3, 0.4) is 0 Å². The fourth-order valence-electron chi connectivity index (χ4n) is 2.48. The molecule has 3 N–H and O–H groups in total. The molecule has 0 aliphatic rings. The topological polar surface area (TPSA) is 122 Å². The molecule has 2 amide bonds. The number of aromatic hydroxyl groups is 1. The van der Waals surface area contributed by atoms with Crippen molar-refractivity contribution in [2.24, 2.45) is 5.92 Å². The van der Waals surface area contributed by atoms with Crippen molar-refractivity contribution in [1.29, 1.82) is 0 Å². The molecule has 148 valence electrons. The molecular weight excluding hydrogens is 369 g/mol. The van der Waals surface area contributed by atoms with Crippen LogP contribution in [0.15, 0.2) is 42.5 Å². The molecule has 0 saturated carbocycles. The zero-order chi connectivity index (χ0) is 20.8. The minimum Gasteiger partial charge on any atom is -0.508 e. The minimum absolute atomic E-state index is 0.151. The molecule has 0 spiro atoms. The predicted molar refractivity (Wildman–Crippen MR) is 99.1 cm³/mol. The summed E-state index contributed by atoms with van der Waals surface area (Å²) in [6, 6.07) is 7.50. The molecule has 0 radical (unpaired) electrons. The molecule has 2 rings (SSSR count). The van der Waals surface area contributed by atoms with Gasteiger partial charge in [0.2, 0.25) is 5.91 Å². The van der Waals surface area contributed by atoms with E-state index < -0.39 is 28.6 Å². The fraction of sp³-hybridized carbons (Fsp3) is 0.263. The first-order chi connectivity index (χ1) is 13.2. The van der Waals surface area contributed by atoms with Crippen molar-refractivity contribution in [2.75, 3.05) is 0 Å². The minimum atomic E-state index is -0.890. The Kier molecular flexibility index (Phi) is 6.64. The van der Waals surface area contributed by atoms with Crippen LogP contribution in [0, 0.1) is 21.8 Å². The standard InChI is InChI=1S/C19H20FN3O5/c1-11(2)17(22-18(25)12-3-5-14(20)6-4-12)19(26)21-10-13-9-15(23(27)28)7-8-16(13)24/h3-9,11,17,24H,10H2,1-2H3,(H,21,26)(H,22,25)/t17-/m0/s1. The Hall–Kier alpha value is -3.49. The second-order valence-corrected chi connectivity index (χ2v) is 6.49. The van der Waals surface area contributed by atoms with E-state index in [9.17, 15) is 29.2 Å². The van der Waals surface area contributed by atoms with Crippen LogP contribution in [-0.2, 0) is 11.3 Å². The van der Waals surface area contributed by atoms with Crippen molar-refractivity contribution in [3.05, 3.63) is 69.5 Å². The Bertz CT molecular complexity index is 884. The first-order valence-electron chi connectivity index (χ1n) is 8.49. The summed E-state index contributed by atoms with van der Waals surface area (Å²) in [5.74, 6) is -1.99. The zero-order valence-corrected chi connectivity index (χ0v) is 15.3. The quantitative estimate of drug-likeness (QED) is 0.496. The molecule has 9 heteroatoms. The molecule has 0 heterocycles. The van der Waals surface area contributed by atoms with Crippen LogP contribution in [0.4, 0.5) is 10.1 Å². The molecule has 8 nitrogen and oxygen atoms in total. The maximum absolute atomic E-state index is 13.0. The molecule has 0 unspecified atom stereocenters. The highest BCUT2D eigenvalue weighted by Crippen LogP contribution is 2.22. The summed E-state index contributed by atoms with van der Waals surface area (Å²) < 4.78 is 13.0. The second kappa shape index (κ2) is 8.94. The van der Waals surface area contributed by atoms with Crippen molar-refractivity contribution in [1.82, 2.24) is 10.6 Å². The maximum atomic E-state index is 13.0. The SMILES string of the molecule is CC(C)[C@H](NC(=O)c1ccc(F)cc1)C(=O)NCc1cc([N+](=O)[O-])ccc1O. The first kappa shape index (κ1) is 20.8. The van der Waals surface area contributed by atoms with Crippen LogP contribution in [0.5, 0.6) is 5.75 Å². The summed E-state index contributed by atoms with van der Waals surface area (Å²) >= 11 is 0.